The van der Waals surface area contributed by atoms with Crippen LogP contribution in [0.3, 0.4) is 0 Å². The van der Waals surface area contributed by atoms with Crippen LogP contribution >= 0.6 is 0 Å². The molecule has 6 nitrogen and oxygen atoms in total. The summed E-state index contributed by atoms with van der Waals surface area (Å²) in [7, 11) is 0. The molecule has 1 aliphatic rings. The van der Waals surface area contributed by atoms with Gasteiger partial charge < -0.3 is 0 Å². The lowest BCUT2D eigenvalue weighted by Crippen LogP contribution is -2.11. The molecule has 1 heterocycles. The smallest absolute Gasteiger partial charge is 0.273 e. The average molecular weight is 208 g/mol. The number of benzene rings is 1. The van der Waals surface area contributed by atoms with Gasteiger partial charge in [0.15, 0.2) is 0 Å². The first kappa shape index (κ1) is 9.60. The van der Waals surface area contributed by atoms with Crippen molar-refractivity contribution in [1.82, 2.24) is 5.48 Å². The molecule has 6 heteroatoms. The maximum Gasteiger partial charge on any atom is 0.275 e. The summed E-state index contributed by atoms with van der Waals surface area (Å²) >= 11 is 0. The predicted molar refractivity (Wildman–Crippen MR) is 49.7 cm³/mol. The fraction of sp³-hybridized carbons (Fsp3) is 0.222. The van der Waals surface area contributed by atoms with Gasteiger partial charge in [-0.25, -0.2) is 5.48 Å². The lowest BCUT2D eigenvalue weighted by molar-refractivity contribution is -0.386. The summed E-state index contributed by atoms with van der Waals surface area (Å²) in [6.45, 7) is 0. The second kappa shape index (κ2) is 3.66. The highest BCUT2D eigenvalue weighted by Gasteiger charge is 2.29. The van der Waals surface area contributed by atoms with Gasteiger partial charge in [-0.1, -0.05) is 12.1 Å². The van der Waals surface area contributed by atoms with Gasteiger partial charge in [0.1, 0.15) is 6.10 Å². The number of carbonyl (C=O) groups is 1. The molecule has 0 bridgehead atoms. The molecule has 1 N–H and O–H groups in total. The number of rotatable bonds is 2. The number of hydroxylamine groups is 1. The Morgan fingerprint density at radius 3 is 2.80 bits per heavy atom. The first-order valence-corrected chi connectivity index (χ1v) is 4.36. The lowest BCUT2D eigenvalue weighted by Gasteiger charge is -2.06. The van der Waals surface area contributed by atoms with Gasteiger partial charge >= 0.3 is 0 Å². The molecule has 1 aromatic rings. The molecule has 1 unspecified atom stereocenters. The van der Waals surface area contributed by atoms with Crippen LogP contribution in [0, 0.1) is 10.1 Å². The molecule has 1 fully saturated rings. The zero-order valence-electron chi connectivity index (χ0n) is 7.67. The van der Waals surface area contributed by atoms with Crippen molar-refractivity contribution in [2.24, 2.45) is 0 Å². The highest BCUT2D eigenvalue weighted by atomic mass is 16.7. The van der Waals surface area contributed by atoms with E-state index in [1.54, 1.807) is 18.2 Å². The Morgan fingerprint density at radius 2 is 2.20 bits per heavy atom. The minimum atomic E-state index is -0.570. The van der Waals surface area contributed by atoms with Gasteiger partial charge in [0.2, 0.25) is 5.91 Å². The summed E-state index contributed by atoms with van der Waals surface area (Å²) in [5.41, 5.74) is 2.56. The number of nitrogens with one attached hydrogen (secondary N) is 1. The van der Waals surface area contributed by atoms with Gasteiger partial charge in [0.05, 0.1) is 16.9 Å². The standard InChI is InChI=1S/C9H8N2O4/c12-9-5-8(15-10-9)6-3-1-2-4-7(6)11(13)14/h1-4,8H,5H2,(H,10,12). The predicted octanol–water partition coefficient (Wildman–Crippen LogP) is 1.09. The molecule has 0 aromatic heterocycles. The van der Waals surface area contributed by atoms with Crippen LogP contribution in [-0.4, -0.2) is 10.8 Å². The Kier molecular flexibility index (Phi) is 2.34. The van der Waals surface area contributed by atoms with Crippen LogP contribution in [0.25, 0.3) is 0 Å². The maximum atomic E-state index is 10.9. The summed E-state index contributed by atoms with van der Waals surface area (Å²) in [5, 5.41) is 10.7. The molecule has 1 aromatic carbocycles. The number of carbonyl (C=O) groups excluding carboxylic acids is 1. The van der Waals surface area contributed by atoms with E-state index in [4.69, 9.17) is 4.84 Å². The van der Waals surface area contributed by atoms with E-state index >= 15 is 0 Å². The molecule has 1 saturated heterocycles. The molecule has 0 aliphatic carbocycles. The zero-order chi connectivity index (χ0) is 10.8. The summed E-state index contributed by atoms with van der Waals surface area (Å²) in [5.74, 6) is -0.266. The fourth-order valence-corrected chi connectivity index (χ4v) is 1.49. The molecule has 1 aliphatic heterocycles. The van der Waals surface area contributed by atoms with E-state index in [-0.39, 0.29) is 18.0 Å². The highest BCUT2D eigenvalue weighted by Crippen LogP contribution is 2.31. The topological polar surface area (TPSA) is 81.5 Å². The van der Waals surface area contributed by atoms with E-state index in [0.717, 1.165) is 0 Å². The van der Waals surface area contributed by atoms with Gasteiger partial charge in [-0.15, -0.1) is 0 Å². The third-order valence-electron chi connectivity index (χ3n) is 2.17. The minimum Gasteiger partial charge on any atom is -0.273 e. The highest BCUT2D eigenvalue weighted by molar-refractivity contribution is 5.77. The minimum absolute atomic E-state index is 0.0287. The summed E-state index contributed by atoms with van der Waals surface area (Å²) in [6, 6.07) is 6.23. The average Bonchev–Trinajstić information content (AvgIpc) is 2.65. The first-order valence-electron chi connectivity index (χ1n) is 4.36. The molecule has 1 amide bonds. The summed E-state index contributed by atoms with van der Waals surface area (Å²) in [6.07, 6.45) is -0.454. The van der Waals surface area contributed by atoms with Crippen LogP contribution in [0.4, 0.5) is 5.69 Å². The molecule has 0 spiro atoms. The van der Waals surface area contributed by atoms with Gasteiger partial charge in [0.25, 0.3) is 5.69 Å². The Bertz CT molecular complexity index is 418. The molecular weight excluding hydrogens is 200 g/mol. The SMILES string of the molecule is O=C1CC(c2ccccc2[N+](=O)[O-])ON1. The number of amides is 1. The second-order valence-electron chi connectivity index (χ2n) is 3.15. The van der Waals surface area contributed by atoms with E-state index in [1.807, 2.05) is 0 Å². The monoisotopic (exact) mass is 208 g/mol. The van der Waals surface area contributed by atoms with Gasteiger partial charge in [0, 0.05) is 6.07 Å². The number of para-hydroxylation sites is 1. The van der Waals surface area contributed by atoms with Crippen molar-refractivity contribution in [3.8, 4) is 0 Å². The third-order valence-corrected chi connectivity index (χ3v) is 2.17. The van der Waals surface area contributed by atoms with Crippen LogP contribution in [0.1, 0.15) is 18.1 Å². The number of nitro groups is 1. The van der Waals surface area contributed by atoms with E-state index in [9.17, 15) is 14.9 Å². The van der Waals surface area contributed by atoms with E-state index in [2.05, 4.69) is 5.48 Å². The molecule has 78 valence electrons. The largest absolute Gasteiger partial charge is 0.275 e. The number of hydrogen-bond acceptors (Lipinski definition) is 4. The molecular formula is C9H8N2O4. The van der Waals surface area contributed by atoms with Crippen molar-refractivity contribution in [1.29, 1.82) is 0 Å². The normalized spacial score (nSPS) is 20.0. The Morgan fingerprint density at radius 1 is 1.47 bits per heavy atom. The fourth-order valence-electron chi connectivity index (χ4n) is 1.49. The molecule has 15 heavy (non-hydrogen) atoms. The lowest BCUT2D eigenvalue weighted by atomic mass is 10.1. The van der Waals surface area contributed by atoms with Crippen LogP contribution < -0.4 is 5.48 Å². The molecule has 1 atom stereocenters. The quantitative estimate of drug-likeness (QED) is 0.582. The Balaban J connectivity index is 2.35. The van der Waals surface area contributed by atoms with Crippen molar-refractivity contribution in [3.05, 3.63) is 39.9 Å². The van der Waals surface area contributed by atoms with Crippen LogP contribution in [0.5, 0.6) is 0 Å². The number of nitro benzene ring substituents is 1. The number of hydrogen-bond donors (Lipinski definition) is 1. The van der Waals surface area contributed by atoms with Gasteiger partial charge in [-0.2, -0.15) is 0 Å². The second-order valence-corrected chi connectivity index (χ2v) is 3.15. The van der Waals surface area contributed by atoms with Gasteiger partial charge in [-0.05, 0) is 6.07 Å². The van der Waals surface area contributed by atoms with E-state index in [1.165, 1.54) is 6.07 Å². The molecule has 0 saturated carbocycles. The summed E-state index contributed by atoms with van der Waals surface area (Å²) in [4.78, 5) is 26.1. The van der Waals surface area contributed by atoms with E-state index in [0.29, 0.717) is 5.56 Å². The van der Waals surface area contributed by atoms with Gasteiger partial charge in [-0.3, -0.25) is 19.7 Å². The van der Waals surface area contributed by atoms with Crippen molar-refractivity contribution in [3.63, 3.8) is 0 Å². The Hall–Kier alpha value is -1.95. The molecule has 0 radical (unpaired) electrons. The third kappa shape index (κ3) is 1.79. The maximum absolute atomic E-state index is 10.9. The number of nitrogens with zero attached hydrogens (tertiary/aromatic N) is 1. The molecule has 2 rings (SSSR count). The van der Waals surface area contributed by atoms with E-state index < -0.39 is 11.0 Å². The van der Waals surface area contributed by atoms with Crippen molar-refractivity contribution in [2.45, 2.75) is 12.5 Å². The Labute approximate surface area is 85.0 Å². The summed E-state index contributed by atoms with van der Waals surface area (Å²) < 4.78 is 0. The van der Waals surface area contributed by atoms with Crippen molar-refractivity contribution in [2.75, 3.05) is 0 Å². The first-order chi connectivity index (χ1) is 7.18. The van der Waals surface area contributed by atoms with Crippen LogP contribution in [0.15, 0.2) is 24.3 Å². The van der Waals surface area contributed by atoms with Crippen LogP contribution in [0.2, 0.25) is 0 Å². The van der Waals surface area contributed by atoms with Crippen molar-refractivity contribution < 1.29 is 14.6 Å². The van der Waals surface area contributed by atoms with Crippen molar-refractivity contribution >= 4 is 11.6 Å². The van der Waals surface area contributed by atoms with Crippen LogP contribution in [-0.2, 0) is 9.63 Å². The zero-order valence-corrected chi connectivity index (χ0v) is 7.67.